The summed E-state index contributed by atoms with van der Waals surface area (Å²) in [6.45, 7) is 13.9. The first-order valence-electron chi connectivity index (χ1n) is 15.7. The molecule has 0 N–H and O–H groups in total. The van der Waals surface area contributed by atoms with Crippen molar-refractivity contribution < 1.29 is 20.1 Å². The van der Waals surface area contributed by atoms with Gasteiger partial charge in [-0.1, -0.05) is 92.9 Å². The number of aryl methyl sites for hydroxylation is 2. The van der Waals surface area contributed by atoms with Crippen LogP contribution in [0.4, 0.5) is 0 Å². The summed E-state index contributed by atoms with van der Waals surface area (Å²) in [5.41, 5.74) is 12.6. The van der Waals surface area contributed by atoms with Gasteiger partial charge in [0.05, 0.1) is 0 Å². The summed E-state index contributed by atoms with van der Waals surface area (Å²) in [7, 11) is 0. The van der Waals surface area contributed by atoms with Gasteiger partial charge in [-0.2, -0.15) is 18.6 Å². The zero-order valence-electron chi connectivity index (χ0n) is 26.9. The van der Waals surface area contributed by atoms with Crippen molar-refractivity contribution in [3.63, 3.8) is 0 Å². The average Bonchev–Trinajstić information content (AvgIpc) is 3.38. The fourth-order valence-electron chi connectivity index (χ4n) is 5.91. The summed E-state index contributed by atoms with van der Waals surface area (Å²) < 4.78 is 2.41. The fourth-order valence-corrected chi connectivity index (χ4v) is 5.91. The number of pyridine rings is 2. The molecule has 0 atom stereocenters. The van der Waals surface area contributed by atoms with Crippen LogP contribution in [0.2, 0.25) is 0 Å². The number of hydrogen-bond acceptors (Lipinski definition) is 2. The maximum absolute atomic E-state index is 4.65. The van der Waals surface area contributed by atoms with Crippen molar-refractivity contribution in [2.45, 2.75) is 40.7 Å². The molecule has 3 nitrogen and oxygen atoms in total. The minimum atomic E-state index is 0. The molecule has 46 heavy (non-hydrogen) atoms. The number of para-hydroxylation sites is 1. The maximum atomic E-state index is 4.65. The summed E-state index contributed by atoms with van der Waals surface area (Å²) in [4.78, 5) is 9.21. The Bertz CT molecular complexity index is 2060. The third-order valence-electron chi connectivity index (χ3n) is 8.19. The Morgan fingerprint density at radius 1 is 0.739 bits per heavy atom. The van der Waals surface area contributed by atoms with Gasteiger partial charge in [0.1, 0.15) is 0 Å². The van der Waals surface area contributed by atoms with Gasteiger partial charge in [0.25, 0.3) is 0 Å². The van der Waals surface area contributed by atoms with Crippen LogP contribution >= 0.6 is 0 Å². The minimum absolute atomic E-state index is 0. The Labute approximate surface area is 286 Å². The third-order valence-corrected chi connectivity index (χ3v) is 8.19. The Morgan fingerprint density at radius 3 is 2.17 bits per heavy atom. The quantitative estimate of drug-likeness (QED) is 0.158. The predicted molar refractivity (Wildman–Crippen MR) is 190 cm³/mol. The standard InChI is InChI=1S/C22H21N2.C20H18N.Ir/c1-15(2)14-24-21-7-5-4-6-18(21)19-12-17(9-11-22(19)24)20-10-8-16(3)13-23-20;1-3-16-13-20(18-12-8-7-9-15(18)2)21-14-19(16)17-10-5-4-6-11-17;/h4-8,10-13,15H,14H2,1-3H3;4-14H,2-3H2,1H3;/q2*-1;. The second-order valence-electron chi connectivity index (χ2n) is 12.0. The van der Waals surface area contributed by atoms with Crippen LogP contribution in [-0.2, 0) is 33.1 Å². The number of hydrogen-bond donors (Lipinski definition) is 0. The van der Waals surface area contributed by atoms with E-state index in [4.69, 9.17) is 0 Å². The largest absolute Gasteiger partial charge is 0.380 e. The first kappa shape index (κ1) is 32.9. The first-order chi connectivity index (χ1) is 21.9. The SMILES string of the molecule is Cc1ccc(-c2[c-]cc3c(c2)c2ccccc2n3CC(C)C)nc1.[CH2-]c1ccccc1-c1cc(CC)c(-c2ccccc2)cn1.[Ir]. The first-order valence-corrected chi connectivity index (χ1v) is 15.7. The van der Waals surface area contributed by atoms with E-state index < -0.39 is 0 Å². The summed E-state index contributed by atoms with van der Waals surface area (Å²) in [6, 6.07) is 41.3. The summed E-state index contributed by atoms with van der Waals surface area (Å²) in [6.07, 6.45) is 4.88. The van der Waals surface area contributed by atoms with Crippen molar-refractivity contribution in [1.29, 1.82) is 0 Å². The summed E-state index contributed by atoms with van der Waals surface area (Å²) >= 11 is 0. The molecule has 0 fully saturated rings. The predicted octanol–water partition coefficient (Wildman–Crippen LogP) is 10.8. The Hall–Kier alpha value is -4.50. The van der Waals surface area contributed by atoms with Crippen LogP contribution in [0, 0.1) is 25.8 Å². The van der Waals surface area contributed by atoms with Crippen molar-refractivity contribution in [3.8, 4) is 33.6 Å². The molecule has 7 rings (SSSR count). The second-order valence-corrected chi connectivity index (χ2v) is 12.0. The van der Waals surface area contributed by atoms with Gasteiger partial charge >= 0.3 is 0 Å². The van der Waals surface area contributed by atoms with E-state index >= 15 is 0 Å². The van der Waals surface area contributed by atoms with E-state index in [-0.39, 0.29) is 20.1 Å². The minimum Gasteiger partial charge on any atom is -0.380 e. The molecule has 0 aliphatic rings. The fraction of sp³-hybridized carbons (Fsp3) is 0.167. The molecule has 0 unspecified atom stereocenters. The van der Waals surface area contributed by atoms with Crippen LogP contribution in [0.25, 0.3) is 55.4 Å². The van der Waals surface area contributed by atoms with Gasteiger partial charge < -0.3 is 9.55 Å². The van der Waals surface area contributed by atoms with Crippen LogP contribution < -0.4 is 0 Å². The van der Waals surface area contributed by atoms with Crippen LogP contribution in [0.5, 0.6) is 0 Å². The van der Waals surface area contributed by atoms with E-state index in [1.807, 2.05) is 36.7 Å². The van der Waals surface area contributed by atoms with E-state index in [9.17, 15) is 0 Å². The number of benzene rings is 4. The molecule has 0 spiro atoms. The van der Waals surface area contributed by atoms with Gasteiger partial charge in [-0.3, -0.25) is 4.98 Å². The molecule has 233 valence electrons. The maximum Gasteiger partial charge on any atom is 0.0391 e. The number of rotatable bonds is 6. The Balaban J connectivity index is 0.000000179. The van der Waals surface area contributed by atoms with Crippen LogP contribution in [0.15, 0.2) is 122 Å². The molecule has 1 radical (unpaired) electrons. The van der Waals surface area contributed by atoms with Gasteiger partial charge in [-0.15, -0.1) is 41.5 Å². The molecule has 0 amide bonds. The Kier molecular flexibility index (Phi) is 10.5. The van der Waals surface area contributed by atoms with Crippen molar-refractivity contribution in [1.82, 2.24) is 14.5 Å². The van der Waals surface area contributed by atoms with Crippen molar-refractivity contribution in [2.24, 2.45) is 5.92 Å². The molecule has 4 aromatic carbocycles. The van der Waals surface area contributed by atoms with Gasteiger partial charge in [-0.05, 0) is 64.7 Å². The van der Waals surface area contributed by atoms with Gasteiger partial charge in [0, 0.05) is 55.8 Å². The molecule has 0 saturated carbocycles. The third kappa shape index (κ3) is 6.99. The molecule has 7 aromatic rings. The number of fused-ring (bicyclic) bond motifs is 3. The topological polar surface area (TPSA) is 30.7 Å². The molecule has 0 saturated heterocycles. The van der Waals surface area contributed by atoms with Crippen LogP contribution in [-0.4, -0.2) is 14.5 Å². The van der Waals surface area contributed by atoms with E-state index in [0.717, 1.165) is 41.0 Å². The summed E-state index contributed by atoms with van der Waals surface area (Å²) in [5.74, 6) is 0.599. The van der Waals surface area contributed by atoms with E-state index in [0.29, 0.717) is 5.92 Å². The van der Waals surface area contributed by atoms with E-state index in [1.165, 1.54) is 44.1 Å². The smallest absolute Gasteiger partial charge is 0.0391 e. The molecule has 0 aliphatic carbocycles. The molecule has 0 aliphatic heterocycles. The molecule has 3 aromatic heterocycles. The van der Waals surface area contributed by atoms with Crippen molar-refractivity contribution in [2.75, 3.05) is 0 Å². The number of nitrogens with zero attached hydrogens (tertiary/aromatic N) is 3. The van der Waals surface area contributed by atoms with Crippen LogP contribution in [0.1, 0.15) is 37.5 Å². The molecular formula is C42H39IrN3-2. The molecular weight excluding hydrogens is 739 g/mol. The zero-order chi connectivity index (χ0) is 31.3. The normalized spacial score (nSPS) is 10.9. The Morgan fingerprint density at radius 2 is 1.46 bits per heavy atom. The number of aromatic nitrogens is 3. The molecule has 4 heteroatoms. The molecule has 3 heterocycles. The van der Waals surface area contributed by atoms with Gasteiger partial charge in [0.15, 0.2) is 0 Å². The second kappa shape index (κ2) is 14.7. The van der Waals surface area contributed by atoms with Crippen molar-refractivity contribution in [3.05, 3.63) is 151 Å². The van der Waals surface area contributed by atoms with Crippen LogP contribution in [0.3, 0.4) is 0 Å². The summed E-state index contributed by atoms with van der Waals surface area (Å²) in [5, 5.41) is 2.58. The monoisotopic (exact) mass is 778 g/mol. The van der Waals surface area contributed by atoms with Gasteiger partial charge in [-0.25, -0.2) is 0 Å². The van der Waals surface area contributed by atoms with E-state index in [1.54, 1.807) is 0 Å². The van der Waals surface area contributed by atoms with Gasteiger partial charge in [0.2, 0.25) is 0 Å². The zero-order valence-corrected chi connectivity index (χ0v) is 29.3. The van der Waals surface area contributed by atoms with E-state index in [2.05, 4.69) is 140 Å². The molecule has 0 bridgehead atoms. The van der Waals surface area contributed by atoms with Crippen molar-refractivity contribution >= 4 is 21.8 Å². The average molecular weight is 778 g/mol.